The number of carbonyl (C=O) groups excluding carboxylic acids is 2. The number of sulfonamides is 1. The largest absolute Gasteiger partial charge is 0.497 e. The first kappa shape index (κ1) is 29.0. The second-order valence-electron chi connectivity index (χ2n) is 9.50. The lowest BCUT2D eigenvalue weighted by Gasteiger charge is -2.34. The van der Waals surface area contributed by atoms with E-state index in [1.54, 1.807) is 43.5 Å². The van der Waals surface area contributed by atoms with E-state index in [4.69, 9.17) is 9.47 Å². The first-order chi connectivity index (χ1) is 16.8. The van der Waals surface area contributed by atoms with Crippen molar-refractivity contribution in [2.75, 3.05) is 31.3 Å². The Bertz CT molecular complexity index is 1130. The van der Waals surface area contributed by atoms with Crippen molar-refractivity contribution in [2.45, 2.75) is 52.2 Å². The van der Waals surface area contributed by atoms with Crippen LogP contribution in [0.3, 0.4) is 0 Å². The van der Waals surface area contributed by atoms with Crippen LogP contribution in [0.15, 0.2) is 48.5 Å². The third-order valence-corrected chi connectivity index (χ3v) is 6.58. The highest BCUT2D eigenvalue weighted by Crippen LogP contribution is 2.23. The van der Waals surface area contributed by atoms with E-state index in [1.165, 1.54) is 12.0 Å². The Morgan fingerprint density at radius 1 is 0.944 bits per heavy atom. The molecule has 0 radical (unpaired) electrons. The Kier molecular flexibility index (Phi) is 9.75. The zero-order valence-corrected chi connectivity index (χ0v) is 22.9. The minimum atomic E-state index is -3.80. The summed E-state index contributed by atoms with van der Waals surface area (Å²) in [5.74, 6) is 0.423. The minimum absolute atomic E-state index is 0.124. The molecule has 0 aromatic heterocycles. The van der Waals surface area contributed by atoms with Gasteiger partial charge in [0.25, 0.3) is 0 Å². The smallest absolute Gasteiger partial charge is 0.244 e. The molecule has 0 spiro atoms. The zero-order valence-electron chi connectivity index (χ0n) is 22.1. The molecule has 1 N–H and O–H groups in total. The van der Waals surface area contributed by atoms with Crippen LogP contribution < -0.4 is 19.1 Å². The molecule has 2 amide bonds. The van der Waals surface area contributed by atoms with Gasteiger partial charge in [0.15, 0.2) is 0 Å². The molecule has 9 nitrogen and oxygen atoms in total. The second-order valence-corrected chi connectivity index (χ2v) is 11.4. The number of hydrogen-bond acceptors (Lipinski definition) is 6. The summed E-state index contributed by atoms with van der Waals surface area (Å²) in [6, 6.07) is 12.8. The Hall–Kier alpha value is -3.27. The standard InChI is InChI=1S/C26H37N3O6S/c1-8-23(25(31)27-26(2,3)4)28(17-19-9-13-21(34-5)14-10-19)24(30)18-29(36(7,32)33)20-11-15-22(35-6)16-12-20/h9-16,23H,8,17-18H2,1-7H3,(H,27,31). The third kappa shape index (κ3) is 8.15. The van der Waals surface area contributed by atoms with Gasteiger partial charge in [0, 0.05) is 12.1 Å². The normalized spacial score (nSPS) is 12.4. The van der Waals surface area contributed by atoms with E-state index in [0.717, 1.165) is 16.1 Å². The number of ether oxygens (including phenoxy) is 2. The number of amides is 2. The lowest BCUT2D eigenvalue weighted by molar-refractivity contribution is -0.141. The molecule has 36 heavy (non-hydrogen) atoms. The van der Waals surface area contributed by atoms with Gasteiger partial charge in [-0.3, -0.25) is 13.9 Å². The summed E-state index contributed by atoms with van der Waals surface area (Å²) in [4.78, 5) is 28.3. The lowest BCUT2D eigenvalue weighted by Crippen LogP contribution is -2.55. The van der Waals surface area contributed by atoms with Gasteiger partial charge in [-0.15, -0.1) is 0 Å². The highest BCUT2D eigenvalue weighted by atomic mass is 32.2. The van der Waals surface area contributed by atoms with Crippen LogP contribution in [-0.2, 0) is 26.2 Å². The summed E-state index contributed by atoms with van der Waals surface area (Å²) >= 11 is 0. The van der Waals surface area contributed by atoms with Crippen molar-refractivity contribution in [3.63, 3.8) is 0 Å². The molecule has 0 bridgehead atoms. The van der Waals surface area contributed by atoms with Gasteiger partial charge in [-0.1, -0.05) is 19.1 Å². The molecule has 1 atom stereocenters. The van der Waals surface area contributed by atoms with Crippen molar-refractivity contribution in [1.29, 1.82) is 0 Å². The molecule has 2 aromatic rings. The predicted molar refractivity (Wildman–Crippen MR) is 141 cm³/mol. The number of methoxy groups -OCH3 is 2. The summed E-state index contributed by atoms with van der Waals surface area (Å²) in [6.45, 7) is 7.08. The van der Waals surface area contributed by atoms with Gasteiger partial charge in [0.2, 0.25) is 21.8 Å². The van der Waals surface area contributed by atoms with E-state index in [1.807, 2.05) is 39.8 Å². The van der Waals surface area contributed by atoms with Gasteiger partial charge in [-0.2, -0.15) is 0 Å². The molecule has 0 saturated heterocycles. The average Bonchev–Trinajstić information content (AvgIpc) is 2.81. The van der Waals surface area contributed by atoms with E-state index in [0.29, 0.717) is 23.6 Å². The van der Waals surface area contributed by atoms with Gasteiger partial charge in [0.05, 0.1) is 26.2 Å². The van der Waals surface area contributed by atoms with Crippen LogP contribution in [0.4, 0.5) is 5.69 Å². The summed E-state index contributed by atoms with van der Waals surface area (Å²) in [5, 5.41) is 2.94. The molecular weight excluding hydrogens is 482 g/mol. The molecule has 0 saturated carbocycles. The first-order valence-electron chi connectivity index (χ1n) is 11.6. The summed E-state index contributed by atoms with van der Waals surface area (Å²) in [6.07, 6.45) is 1.40. The Balaban J connectivity index is 2.44. The average molecular weight is 520 g/mol. The van der Waals surface area contributed by atoms with E-state index in [-0.39, 0.29) is 12.5 Å². The number of benzene rings is 2. The molecule has 10 heteroatoms. The van der Waals surface area contributed by atoms with Crippen LogP contribution >= 0.6 is 0 Å². The van der Waals surface area contributed by atoms with E-state index in [2.05, 4.69) is 5.32 Å². The molecule has 0 aliphatic carbocycles. The fraction of sp³-hybridized carbons (Fsp3) is 0.462. The van der Waals surface area contributed by atoms with Crippen LogP contribution in [0, 0.1) is 0 Å². The van der Waals surface area contributed by atoms with Crippen molar-refractivity contribution in [1.82, 2.24) is 10.2 Å². The van der Waals surface area contributed by atoms with E-state index < -0.39 is 34.1 Å². The van der Waals surface area contributed by atoms with Crippen LogP contribution in [0.5, 0.6) is 11.5 Å². The molecule has 2 rings (SSSR count). The molecule has 1 unspecified atom stereocenters. The minimum Gasteiger partial charge on any atom is -0.497 e. The number of anilines is 1. The summed E-state index contributed by atoms with van der Waals surface area (Å²) in [5.41, 5.74) is 0.603. The van der Waals surface area contributed by atoms with Crippen molar-refractivity contribution in [3.8, 4) is 11.5 Å². The van der Waals surface area contributed by atoms with Gasteiger partial charge < -0.3 is 19.7 Å². The molecule has 0 aliphatic heterocycles. The fourth-order valence-corrected chi connectivity index (χ4v) is 4.51. The maximum absolute atomic E-state index is 13.7. The van der Waals surface area contributed by atoms with Crippen LogP contribution in [0.2, 0.25) is 0 Å². The SMILES string of the molecule is CCC(C(=O)NC(C)(C)C)N(Cc1ccc(OC)cc1)C(=O)CN(c1ccc(OC)cc1)S(C)(=O)=O. The number of carbonyl (C=O) groups is 2. The van der Waals surface area contributed by atoms with Crippen LogP contribution in [0.25, 0.3) is 0 Å². The van der Waals surface area contributed by atoms with Gasteiger partial charge in [-0.05, 0) is 69.2 Å². The number of rotatable bonds is 11. The van der Waals surface area contributed by atoms with Gasteiger partial charge in [0.1, 0.15) is 24.1 Å². The predicted octanol–water partition coefficient (Wildman–Crippen LogP) is 3.19. The van der Waals surface area contributed by atoms with Crippen LogP contribution in [-0.4, -0.2) is 63.7 Å². The first-order valence-corrected chi connectivity index (χ1v) is 13.5. The molecule has 0 fully saturated rings. The third-order valence-electron chi connectivity index (χ3n) is 5.44. The quantitative estimate of drug-likeness (QED) is 0.489. The lowest BCUT2D eigenvalue weighted by atomic mass is 10.1. The highest BCUT2D eigenvalue weighted by Gasteiger charge is 2.33. The van der Waals surface area contributed by atoms with Gasteiger partial charge in [-0.25, -0.2) is 8.42 Å². The molecular formula is C26H37N3O6S. The van der Waals surface area contributed by atoms with E-state index in [9.17, 15) is 18.0 Å². The number of hydrogen-bond donors (Lipinski definition) is 1. The number of nitrogens with one attached hydrogen (secondary N) is 1. The van der Waals surface area contributed by atoms with E-state index >= 15 is 0 Å². The fourth-order valence-electron chi connectivity index (χ4n) is 3.66. The summed E-state index contributed by atoms with van der Waals surface area (Å²) in [7, 11) is -0.727. The Morgan fingerprint density at radius 2 is 1.44 bits per heavy atom. The topological polar surface area (TPSA) is 105 Å². The molecule has 0 heterocycles. The summed E-state index contributed by atoms with van der Waals surface area (Å²) < 4.78 is 36.7. The monoisotopic (exact) mass is 519 g/mol. The molecule has 2 aromatic carbocycles. The molecule has 198 valence electrons. The van der Waals surface area contributed by atoms with Gasteiger partial charge >= 0.3 is 0 Å². The second kappa shape index (κ2) is 12.1. The van der Waals surface area contributed by atoms with Crippen molar-refractivity contribution < 1.29 is 27.5 Å². The maximum atomic E-state index is 13.7. The Morgan fingerprint density at radius 3 is 1.86 bits per heavy atom. The van der Waals surface area contributed by atoms with Crippen molar-refractivity contribution in [2.24, 2.45) is 0 Å². The highest BCUT2D eigenvalue weighted by molar-refractivity contribution is 7.92. The van der Waals surface area contributed by atoms with Crippen molar-refractivity contribution >= 4 is 27.5 Å². The number of nitrogens with zero attached hydrogens (tertiary/aromatic N) is 2. The van der Waals surface area contributed by atoms with Crippen molar-refractivity contribution in [3.05, 3.63) is 54.1 Å². The molecule has 0 aliphatic rings. The Labute approximate surface area is 214 Å². The maximum Gasteiger partial charge on any atom is 0.244 e. The zero-order chi connectivity index (χ0) is 27.1. The van der Waals surface area contributed by atoms with Crippen LogP contribution in [0.1, 0.15) is 39.7 Å².